The zero-order chi connectivity index (χ0) is 26.5. The molecule has 2 amide bonds. The number of ether oxygens (including phenoxy) is 2. The van der Waals surface area contributed by atoms with E-state index in [9.17, 15) is 14.7 Å². The predicted molar refractivity (Wildman–Crippen MR) is 143 cm³/mol. The zero-order valence-corrected chi connectivity index (χ0v) is 22.7. The van der Waals surface area contributed by atoms with Gasteiger partial charge in [-0.2, -0.15) is 0 Å². The van der Waals surface area contributed by atoms with Gasteiger partial charge in [-0.15, -0.1) is 0 Å². The third-order valence-electron chi connectivity index (χ3n) is 8.66. The lowest BCUT2D eigenvalue weighted by molar-refractivity contribution is -0.162. The van der Waals surface area contributed by atoms with Crippen LogP contribution in [0.3, 0.4) is 0 Å². The monoisotopic (exact) mass is 543 g/mol. The first kappa shape index (κ1) is 27.2. The van der Waals surface area contributed by atoms with Crippen LogP contribution in [0.5, 0.6) is 0 Å². The molecule has 6 rings (SSSR count). The summed E-state index contributed by atoms with van der Waals surface area (Å²) < 4.78 is 11.2. The third-order valence-corrected chi connectivity index (χ3v) is 8.96. The molecule has 206 valence electrons. The quantitative estimate of drug-likeness (QED) is 0.338. The molecule has 8 nitrogen and oxygen atoms in total. The number of carbonyl (C=O) groups excluding carboxylic acids is 1. The lowest BCUT2D eigenvalue weighted by Gasteiger charge is -2.56. The molecule has 1 saturated heterocycles. The van der Waals surface area contributed by atoms with Crippen LogP contribution in [-0.4, -0.2) is 66.1 Å². The van der Waals surface area contributed by atoms with E-state index in [4.69, 9.17) is 21.1 Å². The van der Waals surface area contributed by atoms with Gasteiger partial charge < -0.3 is 19.9 Å². The number of pyridine rings is 1. The molecule has 1 aromatic rings. The SMILES string of the molecule is O=C(NCC12CC3CC(CC(C3)C1)C2)c1cc(C#CCN(CCCOC2CCCCO2)C(=O)O)ncc1Cl. The maximum absolute atomic E-state index is 13.1. The van der Waals surface area contributed by atoms with Crippen molar-refractivity contribution in [3.8, 4) is 11.8 Å². The van der Waals surface area contributed by atoms with Gasteiger partial charge in [0.05, 0.1) is 23.7 Å². The van der Waals surface area contributed by atoms with E-state index in [0.29, 0.717) is 44.0 Å². The number of hydrogen-bond acceptors (Lipinski definition) is 5. The Balaban J connectivity index is 1.12. The molecular weight excluding hydrogens is 506 g/mol. The third kappa shape index (κ3) is 6.80. The summed E-state index contributed by atoms with van der Waals surface area (Å²) in [6.45, 7) is 2.18. The molecule has 2 N–H and O–H groups in total. The second-order valence-electron chi connectivity index (χ2n) is 11.7. The van der Waals surface area contributed by atoms with Crippen molar-refractivity contribution in [2.75, 3.05) is 32.8 Å². The lowest BCUT2D eigenvalue weighted by Crippen LogP contribution is -2.51. The summed E-state index contributed by atoms with van der Waals surface area (Å²) in [6, 6.07) is 1.59. The first-order chi connectivity index (χ1) is 18.4. The van der Waals surface area contributed by atoms with Crippen LogP contribution >= 0.6 is 11.6 Å². The molecule has 4 bridgehead atoms. The minimum Gasteiger partial charge on any atom is -0.465 e. The fourth-order valence-corrected chi connectivity index (χ4v) is 7.52. The minimum absolute atomic E-state index is 0.0348. The van der Waals surface area contributed by atoms with Gasteiger partial charge in [0.2, 0.25) is 0 Å². The average molecular weight is 544 g/mol. The van der Waals surface area contributed by atoms with Gasteiger partial charge in [-0.1, -0.05) is 17.5 Å². The molecule has 4 saturated carbocycles. The summed E-state index contributed by atoms with van der Waals surface area (Å²) in [5.41, 5.74) is 0.978. The van der Waals surface area contributed by atoms with Crippen LogP contribution < -0.4 is 5.32 Å². The molecular formula is C29H38ClN3O5. The van der Waals surface area contributed by atoms with Crippen molar-refractivity contribution in [3.05, 3.63) is 28.5 Å². The number of carboxylic acid groups (broad SMARTS) is 1. The highest BCUT2D eigenvalue weighted by molar-refractivity contribution is 6.33. The Morgan fingerprint density at radius 3 is 2.61 bits per heavy atom. The Labute approximate surface area is 229 Å². The summed E-state index contributed by atoms with van der Waals surface area (Å²) >= 11 is 6.32. The number of amides is 2. The molecule has 2 heterocycles. The fraction of sp³-hybridized carbons (Fsp3) is 0.690. The topological polar surface area (TPSA) is 101 Å². The molecule has 1 aliphatic heterocycles. The summed E-state index contributed by atoms with van der Waals surface area (Å²) in [7, 11) is 0. The Morgan fingerprint density at radius 2 is 1.95 bits per heavy atom. The number of carbonyl (C=O) groups is 2. The van der Waals surface area contributed by atoms with Crippen molar-refractivity contribution < 1.29 is 24.2 Å². The molecule has 1 atom stereocenters. The summed E-state index contributed by atoms with van der Waals surface area (Å²) in [5, 5.41) is 13.0. The van der Waals surface area contributed by atoms with Crippen molar-refractivity contribution >= 4 is 23.6 Å². The maximum Gasteiger partial charge on any atom is 0.408 e. The smallest absolute Gasteiger partial charge is 0.408 e. The second kappa shape index (κ2) is 12.2. The van der Waals surface area contributed by atoms with Gasteiger partial charge in [0, 0.05) is 25.9 Å². The number of hydrogen-bond donors (Lipinski definition) is 2. The van der Waals surface area contributed by atoms with Crippen LogP contribution in [-0.2, 0) is 9.47 Å². The molecule has 0 radical (unpaired) electrons. The number of rotatable bonds is 9. The highest BCUT2D eigenvalue weighted by Gasteiger charge is 2.50. The highest BCUT2D eigenvalue weighted by atomic mass is 35.5. The van der Waals surface area contributed by atoms with E-state index in [-0.39, 0.29) is 29.2 Å². The van der Waals surface area contributed by atoms with E-state index in [1.165, 1.54) is 49.6 Å². The summed E-state index contributed by atoms with van der Waals surface area (Å²) in [6.07, 6.45) is 11.6. The van der Waals surface area contributed by atoms with E-state index in [2.05, 4.69) is 22.1 Å². The molecule has 5 aliphatic rings. The van der Waals surface area contributed by atoms with Gasteiger partial charge in [0.25, 0.3) is 5.91 Å². The number of halogens is 1. The van der Waals surface area contributed by atoms with Crippen LogP contribution in [0.1, 0.15) is 80.3 Å². The van der Waals surface area contributed by atoms with E-state index in [1.54, 1.807) is 6.07 Å². The van der Waals surface area contributed by atoms with E-state index in [1.807, 2.05) is 0 Å². The molecule has 0 spiro atoms. The fourth-order valence-electron chi connectivity index (χ4n) is 7.33. The summed E-state index contributed by atoms with van der Waals surface area (Å²) in [4.78, 5) is 30.2. The van der Waals surface area contributed by atoms with Gasteiger partial charge in [-0.05, 0) is 99.4 Å². The van der Waals surface area contributed by atoms with Crippen LogP contribution in [0.4, 0.5) is 4.79 Å². The van der Waals surface area contributed by atoms with Gasteiger partial charge in [-0.25, -0.2) is 9.78 Å². The Bertz CT molecular complexity index is 1040. The highest BCUT2D eigenvalue weighted by Crippen LogP contribution is 2.59. The predicted octanol–water partition coefficient (Wildman–Crippen LogP) is 4.95. The van der Waals surface area contributed by atoms with Gasteiger partial charge in [-0.3, -0.25) is 9.69 Å². The van der Waals surface area contributed by atoms with Gasteiger partial charge in [0.15, 0.2) is 6.29 Å². The molecule has 38 heavy (non-hydrogen) atoms. The van der Waals surface area contributed by atoms with E-state index >= 15 is 0 Å². The van der Waals surface area contributed by atoms with Crippen LogP contribution in [0.2, 0.25) is 5.02 Å². The molecule has 1 unspecified atom stereocenters. The molecule has 4 aliphatic carbocycles. The number of nitrogens with one attached hydrogen (secondary N) is 1. The molecule has 0 aromatic carbocycles. The van der Waals surface area contributed by atoms with Crippen LogP contribution in [0, 0.1) is 35.0 Å². The molecule has 9 heteroatoms. The van der Waals surface area contributed by atoms with Crippen molar-refractivity contribution in [2.45, 2.75) is 70.5 Å². The van der Waals surface area contributed by atoms with E-state index < -0.39 is 6.09 Å². The first-order valence-electron chi connectivity index (χ1n) is 14.0. The largest absolute Gasteiger partial charge is 0.465 e. The van der Waals surface area contributed by atoms with Crippen molar-refractivity contribution in [1.29, 1.82) is 0 Å². The normalized spacial score (nSPS) is 29.4. The zero-order valence-electron chi connectivity index (χ0n) is 21.9. The number of nitrogens with zero attached hydrogens (tertiary/aromatic N) is 2. The molecule has 5 fully saturated rings. The van der Waals surface area contributed by atoms with Crippen molar-refractivity contribution in [3.63, 3.8) is 0 Å². The molecule has 1 aromatic heterocycles. The minimum atomic E-state index is -1.04. The van der Waals surface area contributed by atoms with Gasteiger partial charge >= 0.3 is 6.09 Å². The average Bonchev–Trinajstić information content (AvgIpc) is 2.89. The second-order valence-corrected chi connectivity index (χ2v) is 12.1. The Kier molecular flexibility index (Phi) is 8.77. The van der Waals surface area contributed by atoms with Crippen molar-refractivity contribution in [1.82, 2.24) is 15.2 Å². The van der Waals surface area contributed by atoms with E-state index in [0.717, 1.165) is 37.0 Å². The van der Waals surface area contributed by atoms with Crippen LogP contribution in [0.15, 0.2) is 12.3 Å². The number of aromatic nitrogens is 1. The first-order valence-corrected chi connectivity index (χ1v) is 14.4. The maximum atomic E-state index is 13.1. The van der Waals surface area contributed by atoms with Crippen molar-refractivity contribution in [2.24, 2.45) is 23.2 Å². The lowest BCUT2D eigenvalue weighted by atomic mass is 9.49. The Morgan fingerprint density at radius 1 is 1.21 bits per heavy atom. The van der Waals surface area contributed by atoms with Crippen LogP contribution in [0.25, 0.3) is 0 Å². The Hall–Kier alpha value is -2.34. The van der Waals surface area contributed by atoms with Gasteiger partial charge in [0.1, 0.15) is 5.69 Å². The standard InChI is InChI=1S/C29H38ClN3O5/c30-25-18-31-23(5-3-7-33(28(35)36)8-4-10-38-26-6-1-2-9-37-26)14-24(25)27(34)32-19-29-15-20-11-21(16-29)13-22(12-20)17-29/h14,18,20-22,26H,1-2,4,6-13,15-17,19H2,(H,32,34)(H,35,36). The summed E-state index contributed by atoms with van der Waals surface area (Å²) in [5.74, 6) is 8.04.